The van der Waals surface area contributed by atoms with Gasteiger partial charge in [0.2, 0.25) is 0 Å². The predicted molar refractivity (Wildman–Crippen MR) is 127 cm³/mol. The second kappa shape index (κ2) is 9.24. The molecule has 35 heavy (non-hydrogen) atoms. The van der Waals surface area contributed by atoms with Crippen molar-refractivity contribution in [1.82, 2.24) is 14.8 Å². The van der Waals surface area contributed by atoms with Crippen LogP contribution in [0.2, 0.25) is 0 Å². The van der Waals surface area contributed by atoms with Gasteiger partial charge in [0.05, 0.1) is 6.04 Å². The second-order valence-corrected chi connectivity index (χ2v) is 8.27. The van der Waals surface area contributed by atoms with Gasteiger partial charge in [0.1, 0.15) is 23.2 Å². The monoisotopic (exact) mass is 476 g/mol. The highest BCUT2D eigenvalue weighted by atomic mass is 16.6. The minimum Gasteiger partial charge on any atom is -0.507 e. The van der Waals surface area contributed by atoms with Crippen molar-refractivity contribution in [2.45, 2.75) is 6.04 Å². The summed E-state index contributed by atoms with van der Waals surface area (Å²) < 4.78 is 10.7. The van der Waals surface area contributed by atoms with E-state index in [1.807, 2.05) is 24.3 Å². The van der Waals surface area contributed by atoms with E-state index in [1.165, 1.54) is 6.26 Å². The van der Waals surface area contributed by atoms with Crippen molar-refractivity contribution in [3.05, 3.63) is 71.7 Å². The molecule has 0 bridgehead atoms. The van der Waals surface area contributed by atoms with Crippen LogP contribution in [0.25, 0.3) is 21.7 Å². The number of pyridine rings is 1. The number of nitrogens with two attached hydrogens (primary N) is 1. The van der Waals surface area contributed by atoms with Crippen LogP contribution >= 0.6 is 0 Å². The highest BCUT2D eigenvalue weighted by Gasteiger charge is 2.34. The molecular weight excluding hydrogens is 452 g/mol. The van der Waals surface area contributed by atoms with Gasteiger partial charge < -0.3 is 30.0 Å². The number of aromatic nitrogens is 1. The molecule has 3 heterocycles. The first-order valence-electron chi connectivity index (χ1n) is 11.1. The number of rotatable bonds is 5. The summed E-state index contributed by atoms with van der Waals surface area (Å²) in [6.07, 6.45) is 4.61. The summed E-state index contributed by atoms with van der Waals surface area (Å²) >= 11 is 0. The van der Waals surface area contributed by atoms with Crippen molar-refractivity contribution >= 4 is 33.7 Å². The van der Waals surface area contributed by atoms with Gasteiger partial charge in [-0.05, 0) is 17.7 Å². The van der Waals surface area contributed by atoms with Crippen molar-refractivity contribution in [3.63, 3.8) is 0 Å². The third-order valence-electron chi connectivity index (χ3n) is 6.44. The number of hydrogen-bond donors (Lipinski definition) is 3. The van der Waals surface area contributed by atoms with Crippen molar-refractivity contribution in [2.75, 3.05) is 33.0 Å². The lowest BCUT2D eigenvalue weighted by molar-refractivity contribution is 0.00693. The van der Waals surface area contributed by atoms with Crippen molar-refractivity contribution in [2.24, 2.45) is 5.73 Å². The molecule has 5 rings (SSSR count). The molecule has 1 atom stereocenters. The van der Waals surface area contributed by atoms with Gasteiger partial charge in [0.15, 0.2) is 6.79 Å². The van der Waals surface area contributed by atoms with E-state index in [2.05, 4.69) is 9.88 Å². The number of primary amides is 1. The maximum atomic E-state index is 12.8. The molecule has 4 aromatic rings. The molecule has 1 unspecified atom stereocenters. The maximum Gasteiger partial charge on any atom is 0.344 e. The number of carbonyl (C=O) groups is 2. The Kier molecular flexibility index (Phi) is 5.98. The fourth-order valence-electron chi connectivity index (χ4n) is 4.83. The number of carbonyl (C=O) groups excluding carboxylic acids is 2. The zero-order chi connectivity index (χ0) is 24.5. The van der Waals surface area contributed by atoms with Gasteiger partial charge in [-0.3, -0.25) is 9.88 Å². The smallest absolute Gasteiger partial charge is 0.344 e. The Morgan fingerprint density at radius 2 is 1.77 bits per heavy atom. The fourth-order valence-corrected chi connectivity index (χ4v) is 4.83. The number of furan rings is 1. The Labute approximate surface area is 200 Å². The molecule has 180 valence electrons. The standard InChI is InChI=1S/C25H24N4O6/c26-25(33)29-11-9-28(10-12-29)21(15-5-7-27-8-6-15)20-19-18(24(32)35-14-30)13-34-23(19)17-4-2-1-3-16(17)22(20)31/h1-8,13,21,30-31H,9-12,14H2,(H2,26,33). The lowest BCUT2D eigenvalue weighted by atomic mass is 9.89. The number of phenols is 1. The number of fused-ring (bicyclic) bond motifs is 3. The van der Waals surface area contributed by atoms with Crippen molar-refractivity contribution in [1.29, 1.82) is 0 Å². The molecule has 10 heteroatoms. The number of hydrogen-bond acceptors (Lipinski definition) is 8. The van der Waals surface area contributed by atoms with Gasteiger partial charge in [-0.15, -0.1) is 0 Å². The lowest BCUT2D eigenvalue weighted by Crippen LogP contribution is -2.51. The van der Waals surface area contributed by atoms with E-state index in [0.717, 1.165) is 5.56 Å². The molecule has 2 aromatic carbocycles. The Balaban J connectivity index is 1.78. The molecule has 0 aliphatic carbocycles. The molecule has 1 aliphatic heterocycles. The van der Waals surface area contributed by atoms with E-state index in [0.29, 0.717) is 53.5 Å². The first kappa shape index (κ1) is 22.6. The van der Waals surface area contributed by atoms with Crippen LogP contribution < -0.4 is 5.73 Å². The van der Waals surface area contributed by atoms with Crippen molar-refractivity contribution < 1.29 is 29.0 Å². The molecule has 0 radical (unpaired) electrons. The number of piperazine rings is 1. The van der Waals surface area contributed by atoms with Crippen LogP contribution in [0.5, 0.6) is 5.75 Å². The van der Waals surface area contributed by atoms with Gasteiger partial charge >= 0.3 is 12.0 Å². The van der Waals surface area contributed by atoms with E-state index in [9.17, 15) is 19.8 Å². The second-order valence-electron chi connectivity index (χ2n) is 8.27. The fraction of sp³-hybridized carbons (Fsp3) is 0.240. The number of aromatic hydroxyl groups is 1. The molecule has 2 amide bonds. The third kappa shape index (κ3) is 3.92. The Morgan fingerprint density at radius 1 is 1.09 bits per heavy atom. The summed E-state index contributed by atoms with van der Waals surface area (Å²) in [5.74, 6) is -0.763. The molecule has 0 spiro atoms. The average molecular weight is 476 g/mol. The average Bonchev–Trinajstić information content (AvgIpc) is 3.32. The van der Waals surface area contributed by atoms with Crippen LogP contribution in [0, 0.1) is 0 Å². The summed E-state index contributed by atoms with van der Waals surface area (Å²) in [5.41, 5.74) is 7.30. The number of phenolic OH excluding ortho intramolecular Hbond substituents is 1. The number of nitrogens with zero attached hydrogens (tertiary/aromatic N) is 3. The summed E-state index contributed by atoms with van der Waals surface area (Å²) in [6.45, 7) is 1.01. The quantitative estimate of drug-likeness (QED) is 0.295. The number of aliphatic hydroxyl groups excluding tert-OH is 1. The van der Waals surface area contributed by atoms with E-state index < -0.39 is 24.8 Å². The number of esters is 1. The van der Waals surface area contributed by atoms with Gasteiger partial charge in [0, 0.05) is 60.3 Å². The van der Waals surface area contributed by atoms with E-state index in [-0.39, 0.29) is 11.3 Å². The minimum atomic E-state index is -0.788. The van der Waals surface area contributed by atoms with Gasteiger partial charge in [0.25, 0.3) is 0 Å². The Bertz CT molecular complexity index is 1400. The zero-order valence-corrected chi connectivity index (χ0v) is 18.8. The maximum absolute atomic E-state index is 12.8. The van der Waals surface area contributed by atoms with Crippen LogP contribution in [-0.4, -0.2) is 70.0 Å². The largest absolute Gasteiger partial charge is 0.507 e. The van der Waals surface area contributed by atoms with Crippen LogP contribution in [0.1, 0.15) is 27.5 Å². The molecule has 10 nitrogen and oxygen atoms in total. The number of amides is 2. The Hall–Kier alpha value is -4.15. The molecular formula is C25H24N4O6. The highest BCUT2D eigenvalue weighted by Crippen LogP contribution is 2.46. The molecule has 4 N–H and O–H groups in total. The first-order valence-corrected chi connectivity index (χ1v) is 11.1. The topological polar surface area (TPSA) is 142 Å². The minimum absolute atomic E-state index is 0.00620. The van der Waals surface area contributed by atoms with Gasteiger partial charge in [-0.1, -0.05) is 24.3 Å². The van der Waals surface area contributed by atoms with E-state index in [1.54, 1.807) is 29.4 Å². The number of aliphatic hydroxyl groups is 1. The molecule has 1 fully saturated rings. The summed E-state index contributed by atoms with van der Waals surface area (Å²) in [7, 11) is 0. The van der Waals surface area contributed by atoms with Crippen LogP contribution in [0.3, 0.4) is 0 Å². The van der Waals surface area contributed by atoms with Crippen LogP contribution in [0.15, 0.2) is 59.5 Å². The van der Waals surface area contributed by atoms with Crippen LogP contribution in [-0.2, 0) is 4.74 Å². The van der Waals surface area contributed by atoms with Crippen LogP contribution in [0.4, 0.5) is 4.79 Å². The number of ether oxygens (including phenoxy) is 1. The Morgan fingerprint density at radius 3 is 2.43 bits per heavy atom. The molecule has 1 aliphatic rings. The number of urea groups is 1. The molecule has 1 saturated heterocycles. The van der Waals surface area contributed by atoms with Gasteiger partial charge in [-0.2, -0.15) is 0 Å². The van der Waals surface area contributed by atoms with E-state index in [4.69, 9.17) is 14.9 Å². The summed E-state index contributed by atoms with van der Waals surface area (Å²) in [6, 6.07) is 9.93. The zero-order valence-electron chi connectivity index (χ0n) is 18.8. The summed E-state index contributed by atoms with van der Waals surface area (Å²) in [4.78, 5) is 32.3. The molecule has 0 saturated carbocycles. The lowest BCUT2D eigenvalue weighted by Gasteiger charge is -2.39. The number of benzene rings is 2. The highest BCUT2D eigenvalue weighted by molar-refractivity contribution is 6.16. The SMILES string of the molecule is NC(=O)N1CCN(C(c2ccncc2)c2c(O)c3ccccc3c3occ(C(=O)OCO)c23)CC1. The molecule has 2 aromatic heterocycles. The normalized spacial score (nSPS) is 15.4. The first-order chi connectivity index (χ1) is 17.0. The van der Waals surface area contributed by atoms with E-state index >= 15 is 0 Å². The van der Waals surface area contributed by atoms with Crippen molar-refractivity contribution in [3.8, 4) is 5.75 Å². The third-order valence-corrected chi connectivity index (χ3v) is 6.44. The summed E-state index contributed by atoms with van der Waals surface area (Å²) in [5, 5.41) is 22.4. The predicted octanol–water partition coefficient (Wildman–Crippen LogP) is 2.58. The van der Waals surface area contributed by atoms with Gasteiger partial charge in [-0.25, -0.2) is 9.59 Å².